The van der Waals surface area contributed by atoms with Crippen LogP contribution in [-0.2, 0) is 0 Å². The van der Waals surface area contributed by atoms with Gasteiger partial charge in [0.2, 0.25) is 0 Å². The molecule has 0 aliphatic rings. The number of esters is 1. The topological polar surface area (TPSA) is 77.0 Å². The number of hydrogen-bond donors (Lipinski definition) is 1. The Morgan fingerprint density at radius 1 is 0.909 bits per heavy atom. The summed E-state index contributed by atoms with van der Waals surface area (Å²) >= 11 is 3.33. The molecule has 1 N–H and O–H groups in total. The van der Waals surface area contributed by atoms with Gasteiger partial charge < -0.3 is 9.47 Å². The standard InChI is InChI=1S/C26H19BrN2O4/c1-32-24-15-17(16-28-29-25(30)19-10-12-20(27)13-11-19)9-14-23(24)33-26(31)22-8-4-6-18-5-2-3-7-21(18)22/h2-16H,1H3,(H,29,30)/b28-16+. The number of nitrogens with zero attached hydrogens (tertiary/aromatic N) is 1. The summed E-state index contributed by atoms with van der Waals surface area (Å²) in [7, 11) is 1.49. The van der Waals surface area contributed by atoms with Gasteiger partial charge in [-0.3, -0.25) is 4.79 Å². The number of ether oxygens (including phenoxy) is 2. The summed E-state index contributed by atoms with van der Waals surface area (Å²) in [5.74, 6) is -0.155. The van der Waals surface area contributed by atoms with E-state index in [2.05, 4.69) is 26.5 Å². The van der Waals surface area contributed by atoms with Crippen LogP contribution in [0.1, 0.15) is 26.3 Å². The first-order chi connectivity index (χ1) is 16.0. The molecule has 0 atom stereocenters. The van der Waals surface area contributed by atoms with E-state index in [1.165, 1.54) is 13.3 Å². The normalized spacial score (nSPS) is 10.8. The Morgan fingerprint density at radius 3 is 2.45 bits per heavy atom. The van der Waals surface area contributed by atoms with Crippen LogP contribution in [0.2, 0.25) is 0 Å². The molecule has 0 radical (unpaired) electrons. The molecule has 0 unspecified atom stereocenters. The van der Waals surface area contributed by atoms with Gasteiger partial charge in [-0.05, 0) is 64.9 Å². The molecular weight excluding hydrogens is 484 g/mol. The zero-order chi connectivity index (χ0) is 23.2. The summed E-state index contributed by atoms with van der Waals surface area (Å²) in [5, 5.41) is 5.76. The lowest BCUT2D eigenvalue weighted by Gasteiger charge is -2.11. The fourth-order valence-corrected chi connectivity index (χ4v) is 3.50. The molecule has 0 aliphatic carbocycles. The molecule has 0 aromatic heterocycles. The van der Waals surface area contributed by atoms with Gasteiger partial charge >= 0.3 is 5.97 Å². The third-order valence-corrected chi connectivity index (χ3v) is 5.41. The van der Waals surface area contributed by atoms with E-state index in [4.69, 9.17) is 9.47 Å². The van der Waals surface area contributed by atoms with Crippen LogP contribution in [0.4, 0.5) is 0 Å². The van der Waals surface area contributed by atoms with E-state index in [9.17, 15) is 9.59 Å². The SMILES string of the molecule is COc1cc(/C=N/NC(=O)c2ccc(Br)cc2)ccc1OC(=O)c1cccc2ccccc12. The highest BCUT2D eigenvalue weighted by Crippen LogP contribution is 2.29. The maximum Gasteiger partial charge on any atom is 0.344 e. The summed E-state index contributed by atoms with van der Waals surface area (Å²) in [5.41, 5.74) is 4.10. The van der Waals surface area contributed by atoms with E-state index in [0.29, 0.717) is 22.4 Å². The lowest BCUT2D eigenvalue weighted by molar-refractivity contribution is 0.0731. The summed E-state index contributed by atoms with van der Waals surface area (Å²) in [6.07, 6.45) is 1.48. The molecule has 0 fully saturated rings. The van der Waals surface area contributed by atoms with Crippen molar-refractivity contribution in [3.05, 3.63) is 106 Å². The van der Waals surface area contributed by atoms with Crippen LogP contribution >= 0.6 is 15.9 Å². The number of halogens is 1. The molecule has 4 rings (SSSR count). The molecule has 0 saturated heterocycles. The van der Waals surface area contributed by atoms with Crippen molar-refractivity contribution in [2.24, 2.45) is 5.10 Å². The van der Waals surface area contributed by atoms with Crippen molar-refractivity contribution < 1.29 is 19.1 Å². The number of carbonyl (C=O) groups is 2. The second-order valence-electron chi connectivity index (χ2n) is 7.03. The number of hydrazone groups is 1. The predicted molar refractivity (Wildman–Crippen MR) is 131 cm³/mol. The second kappa shape index (κ2) is 10.1. The molecule has 164 valence electrons. The van der Waals surface area contributed by atoms with Gasteiger partial charge in [-0.2, -0.15) is 5.10 Å². The van der Waals surface area contributed by atoms with Crippen LogP contribution < -0.4 is 14.9 Å². The van der Waals surface area contributed by atoms with Gasteiger partial charge in [-0.25, -0.2) is 10.2 Å². The third-order valence-electron chi connectivity index (χ3n) is 4.89. The van der Waals surface area contributed by atoms with Crippen LogP contribution in [0, 0.1) is 0 Å². The Balaban J connectivity index is 1.47. The largest absolute Gasteiger partial charge is 0.493 e. The molecule has 0 spiro atoms. The van der Waals surface area contributed by atoms with Gasteiger partial charge in [-0.15, -0.1) is 0 Å². The average molecular weight is 503 g/mol. The maximum atomic E-state index is 12.8. The van der Waals surface area contributed by atoms with E-state index in [-0.39, 0.29) is 11.7 Å². The van der Waals surface area contributed by atoms with E-state index in [1.54, 1.807) is 48.5 Å². The van der Waals surface area contributed by atoms with Crippen molar-refractivity contribution in [3.63, 3.8) is 0 Å². The number of carbonyl (C=O) groups excluding carboxylic acids is 2. The monoisotopic (exact) mass is 502 g/mol. The van der Waals surface area contributed by atoms with Crippen LogP contribution in [0.25, 0.3) is 10.8 Å². The highest BCUT2D eigenvalue weighted by Gasteiger charge is 2.15. The Morgan fingerprint density at radius 2 is 1.67 bits per heavy atom. The van der Waals surface area contributed by atoms with Crippen molar-refractivity contribution in [2.45, 2.75) is 0 Å². The maximum absolute atomic E-state index is 12.8. The van der Waals surface area contributed by atoms with Gasteiger partial charge in [0.25, 0.3) is 5.91 Å². The minimum atomic E-state index is -0.478. The molecule has 4 aromatic carbocycles. The average Bonchev–Trinajstić information content (AvgIpc) is 2.84. The lowest BCUT2D eigenvalue weighted by atomic mass is 10.0. The first-order valence-electron chi connectivity index (χ1n) is 10.0. The van der Waals surface area contributed by atoms with Crippen molar-refractivity contribution in [3.8, 4) is 11.5 Å². The van der Waals surface area contributed by atoms with E-state index < -0.39 is 5.97 Å². The van der Waals surface area contributed by atoms with Crippen LogP contribution in [0.15, 0.2) is 94.5 Å². The Labute approximate surface area is 199 Å². The molecule has 0 bridgehead atoms. The molecule has 33 heavy (non-hydrogen) atoms. The molecule has 1 amide bonds. The Hall–Kier alpha value is -3.97. The summed E-state index contributed by atoms with van der Waals surface area (Å²) < 4.78 is 11.9. The summed E-state index contributed by atoms with van der Waals surface area (Å²) in [6.45, 7) is 0. The molecule has 0 heterocycles. The zero-order valence-corrected chi connectivity index (χ0v) is 19.2. The van der Waals surface area contributed by atoms with Crippen LogP contribution in [0.5, 0.6) is 11.5 Å². The fourth-order valence-electron chi connectivity index (χ4n) is 3.24. The van der Waals surface area contributed by atoms with Crippen molar-refractivity contribution in [1.82, 2.24) is 5.43 Å². The second-order valence-corrected chi connectivity index (χ2v) is 7.95. The number of fused-ring (bicyclic) bond motifs is 1. The highest BCUT2D eigenvalue weighted by molar-refractivity contribution is 9.10. The third kappa shape index (κ3) is 5.27. The van der Waals surface area contributed by atoms with Gasteiger partial charge in [-0.1, -0.05) is 52.3 Å². The number of hydrogen-bond acceptors (Lipinski definition) is 5. The molecule has 0 aliphatic heterocycles. The predicted octanol–water partition coefficient (Wildman–Crippen LogP) is 5.59. The summed E-state index contributed by atoms with van der Waals surface area (Å²) in [4.78, 5) is 25.0. The fraction of sp³-hybridized carbons (Fsp3) is 0.0385. The van der Waals surface area contributed by atoms with E-state index >= 15 is 0 Å². The quantitative estimate of drug-likeness (QED) is 0.161. The van der Waals surface area contributed by atoms with E-state index in [0.717, 1.165) is 15.2 Å². The van der Waals surface area contributed by atoms with Crippen LogP contribution in [0.3, 0.4) is 0 Å². The van der Waals surface area contributed by atoms with Gasteiger partial charge in [0.15, 0.2) is 11.5 Å². The Bertz CT molecular complexity index is 1350. The minimum Gasteiger partial charge on any atom is -0.493 e. The van der Waals surface area contributed by atoms with Gasteiger partial charge in [0, 0.05) is 10.0 Å². The van der Waals surface area contributed by atoms with Crippen molar-refractivity contribution in [1.29, 1.82) is 0 Å². The lowest BCUT2D eigenvalue weighted by Crippen LogP contribution is -2.17. The molecular formula is C26H19BrN2O4. The highest BCUT2D eigenvalue weighted by atomic mass is 79.9. The first-order valence-corrected chi connectivity index (χ1v) is 10.8. The van der Waals surface area contributed by atoms with Gasteiger partial charge in [0.05, 0.1) is 18.9 Å². The number of benzene rings is 4. The Kier molecular flexibility index (Phi) is 6.80. The van der Waals surface area contributed by atoms with E-state index in [1.807, 2.05) is 36.4 Å². The van der Waals surface area contributed by atoms with Gasteiger partial charge in [0.1, 0.15) is 0 Å². The number of methoxy groups -OCH3 is 1. The molecule has 4 aromatic rings. The smallest absolute Gasteiger partial charge is 0.344 e. The number of nitrogens with one attached hydrogen (secondary N) is 1. The molecule has 7 heteroatoms. The van der Waals surface area contributed by atoms with Crippen molar-refractivity contribution in [2.75, 3.05) is 7.11 Å². The molecule has 6 nitrogen and oxygen atoms in total. The van der Waals surface area contributed by atoms with Crippen LogP contribution in [-0.4, -0.2) is 25.2 Å². The first kappa shape index (κ1) is 22.2. The zero-order valence-electron chi connectivity index (χ0n) is 17.6. The number of amides is 1. The van der Waals surface area contributed by atoms with Crippen molar-refractivity contribution >= 4 is 44.8 Å². The minimum absolute atomic E-state index is 0.284. The summed E-state index contributed by atoms with van der Waals surface area (Å²) in [6, 6.07) is 25.1. The molecule has 0 saturated carbocycles. The number of rotatable bonds is 6.